The molecule has 3 N–H and O–H groups in total. The molecule has 1 heterocycles. The van der Waals surface area contributed by atoms with Crippen LogP contribution in [0.2, 0.25) is 0 Å². The summed E-state index contributed by atoms with van der Waals surface area (Å²) < 4.78 is 0. The van der Waals surface area contributed by atoms with E-state index in [2.05, 4.69) is 0 Å². The number of rotatable bonds is 3. The van der Waals surface area contributed by atoms with Crippen molar-refractivity contribution in [2.45, 2.75) is 25.7 Å². The highest BCUT2D eigenvalue weighted by atomic mass is 16.4. The van der Waals surface area contributed by atoms with Crippen molar-refractivity contribution in [1.29, 1.82) is 0 Å². The third-order valence-corrected chi connectivity index (χ3v) is 8.26. The molecule has 1 aliphatic heterocycles. The number of allylic oxidation sites excluding steroid dienone is 6. The summed E-state index contributed by atoms with van der Waals surface area (Å²) in [5.41, 5.74) is 2.19. The molecule has 0 aromatic heterocycles. The topological polar surface area (TPSA) is 149 Å². The number of aromatic hydroxyl groups is 2. The second-order valence-corrected chi connectivity index (χ2v) is 10.3. The van der Waals surface area contributed by atoms with E-state index in [-0.39, 0.29) is 41.4 Å². The Bertz CT molecular complexity index is 1610. The van der Waals surface area contributed by atoms with E-state index in [0.29, 0.717) is 22.3 Å². The lowest BCUT2D eigenvalue weighted by Crippen LogP contribution is -2.39. The van der Waals surface area contributed by atoms with Gasteiger partial charge in [0.25, 0.3) is 0 Å². The first-order valence-electron chi connectivity index (χ1n) is 12.5. The second-order valence-electron chi connectivity index (χ2n) is 10.3. The highest BCUT2D eigenvalue weighted by molar-refractivity contribution is 6.25. The summed E-state index contributed by atoms with van der Waals surface area (Å²) in [4.78, 5) is 66.2. The molecule has 4 unspecified atom stereocenters. The van der Waals surface area contributed by atoms with Crippen LogP contribution in [0.4, 0.5) is 5.69 Å². The Labute approximate surface area is 222 Å². The molecule has 2 aromatic rings. The first kappa shape index (κ1) is 24.5. The summed E-state index contributed by atoms with van der Waals surface area (Å²) in [5.74, 6) is -6.03. The van der Waals surface area contributed by atoms with Crippen molar-refractivity contribution in [3.8, 4) is 11.5 Å². The first-order chi connectivity index (χ1) is 18.6. The summed E-state index contributed by atoms with van der Waals surface area (Å²) in [7, 11) is 0. The Balaban J connectivity index is 1.45. The van der Waals surface area contributed by atoms with Crippen LogP contribution in [0.5, 0.6) is 11.5 Å². The summed E-state index contributed by atoms with van der Waals surface area (Å²) in [6, 6.07) is 9.90. The van der Waals surface area contributed by atoms with E-state index in [0.717, 1.165) is 22.6 Å². The smallest absolute Gasteiger partial charge is 0.339 e. The van der Waals surface area contributed by atoms with E-state index in [9.17, 15) is 39.3 Å². The van der Waals surface area contributed by atoms with Crippen molar-refractivity contribution in [3.63, 3.8) is 0 Å². The Morgan fingerprint density at radius 1 is 0.949 bits per heavy atom. The molecule has 1 fully saturated rings. The zero-order chi connectivity index (χ0) is 27.7. The number of hydrogen-bond donors (Lipinski definition) is 3. The number of fused-ring (bicyclic) bond motifs is 3. The zero-order valence-electron chi connectivity index (χ0n) is 20.7. The molecule has 196 valence electrons. The molecule has 4 atom stereocenters. The highest BCUT2D eigenvalue weighted by Gasteiger charge is 2.56. The maximum absolute atomic E-state index is 13.9. The fraction of sp³-hybridized carbons (Fsp3) is 0.233. The maximum atomic E-state index is 13.9. The summed E-state index contributed by atoms with van der Waals surface area (Å²) >= 11 is 0. The van der Waals surface area contributed by atoms with Crippen LogP contribution in [0, 0.1) is 17.8 Å². The van der Waals surface area contributed by atoms with Gasteiger partial charge < -0.3 is 15.3 Å². The largest absolute Gasteiger partial charge is 0.508 e. The van der Waals surface area contributed by atoms with Crippen LogP contribution in [0.25, 0.3) is 0 Å². The van der Waals surface area contributed by atoms with E-state index in [1.165, 1.54) is 24.3 Å². The number of carbonyl (C=O) groups excluding carboxylic acids is 4. The number of amides is 2. The Hall–Kier alpha value is -4.79. The van der Waals surface area contributed by atoms with Crippen molar-refractivity contribution in [2.24, 2.45) is 17.8 Å². The first-order valence-corrected chi connectivity index (χ1v) is 12.5. The number of benzene rings is 2. The second kappa shape index (κ2) is 8.62. The zero-order valence-corrected chi connectivity index (χ0v) is 20.7. The molecule has 2 amide bonds. The molecule has 4 aliphatic rings. The standard InChI is InChI=1S/C30H23NO8/c1-13-10-23(34)26-21(27(13)35)12-20-17(24(26)14-2-5-16(32)6-3-14)8-9-19-25(20)29(37)31(28(19)36)15-4-7-18(30(38)39)22(33)11-15/h2-8,10-11,19-20,24-25,32-33H,9,12H2,1H3,(H,38,39). The Kier molecular flexibility index (Phi) is 5.43. The van der Waals surface area contributed by atoms with Gasteiger partial charge in [0.05, 0.1) is 17.5 Å². The SMILES string of the molecule is CC1=CC(=O)C2=C(CC3C(=CCC4C(=O)N(c5ccc(C(=O)O)c(O)c5)C(=O)C43)C2c2ccc(O)cc2)C1=O. The normalized spacial score (nSPS) is 26.1. The lowest BCUT2D eigenvalue weighted by Gasteiger charge is -2.42. The number of imide groups is 1. The monoisotopic (exact) mass is 525 g/mol. The average molecular weight is 526 g/mol. The minimum atomic E-state index is -1.34. The number of phenols is 2. The van der Waals surface area contributed by atoms with E-state index in [4.69, 9.17) is 0 Å². The Morgan fingerprint density at radius 3 is 2.33 bits per heavy atom. The summed E-state index contributed by atoms with van der Waals surface area (Å²) in [5, 5.41) is 29.3. The molecular weight excluding hydrogens is 502 g/mol. The number of nitrogens with zero attached hydrogens (tertiary/aromatic N) is 1. The van der Waals surface area contributed by atoms with Gasteiger partial charge in [-0.3, -0.25) is 19.2 Å². The van der Waals surface area contributed by atoms with Crippen LogP contribution < -0.4 is 4.90 Å². The molecule has 0 bridgehead atoms. The van der Waals surface area contributed by atoms with Crippen molar-refractivity contribution in [3.05, 3.63) is 88.0 Å². The predicted octanol–water partition coefficient (Wildman–Crippen LogP) is 3.43. The third-order valence-electron chi connectivity index (χ3n) is 8.26. The van der Waals surface area contributed by atoms with Crippen molar-refractivity contribution >= 4 is 35.0 Å². The minimum absolute atomic E-state index is 0.0455. The number of hydrogen-bond acceptors (Lipinski definition) is 7. The van der Waals surface area contributed by atoms with E-state index < -0.39 is 47.2 Å². The van der Waals surface area contributed by atoms with E-state index in [1.54, 1.807) is 19.1 Å². The molecule has 1 saturated heterocycles. The average Bonchev–Trinajstić information content (AvgIpc) is 3.16. The maximum Gasteiger partial charge on any atom is 0.339 e. The molecule has 6 rings (SSSR count). The third kappa shape index (κ3) is 3.57. The number of phenolic OH excluding ortho intramolecular Hbond substituents is 1. The van der Waals surface area contributed by atoms with Gasteiger partial charge in [-0.25, -0.2) is 9.69 Å². The molecular formula is C30H23NO8. The van der Waals surface area contributed by atoms with Gasteiger partial charge in [-0.1, -0.05) is 23.8 Å². The fourth-order valence-electron chi connectivity index (χ4n) is 6.52. The van der Waals surface area contributed by atoms with Gasteiger partial charge in [0, 0.05) is 28.7 Å². The number of carboxylic acids is 1. The minimum Gasteiger partial charge on any atom is -0.508 e. The molecule has 0 saturated carbocycles. The van der Waals surface area contributed by atoms with Crippen LogP contribution >= 0.6 is 0 Å². The predicted molar refractivity (Wildman–Crippen MR) is 137 cm³/mol. The van der Waals surface area contributed by atoms with E-state index >= 15 is 0 Å². The summed E-state index contributed by atoms with van der Waals surface area (Å²) in [6.07, 6.45) is 3.59. The highest BCUT2D eigenvalue weighted by Crippen LogP contribution is 2.55. The lowest BCUT2D eigenvalue weighted by molar-refractivity contribution is -0.123. The molecule has 0 radical (unpaired) electrons. The molecule has 9 heteroatoms. The van der Waals surface area contributed by atoms with Gasteiger partial charge in [0.15, 0.2) is 11.6 Å². The van der Waals surface area contributed by atoms with Crippen LogP contribution in [0.1, 0.15) is 41.6 Å². The van der Waals surface area contributed by atoms with Crippen molar-refractivity contribution in [1.82, 2.24) is 0 Å². The molecule has 3 aliphatic carbocycles. The summed E-state index contributed by atoms with van der Waals surface area (Å²) in [6.45, 7) is 1.58. The fourth-order valence-corrected chi connectivity index (χ4v) is 6.52. The number of anilines is 1. The van der Waals surface area contributed by atoms with Gasteiger partial charge in [-0.15, -0.1) is 0 Å². The molecule has 9 nitrogen and oxygen atoms in total. The van der Waals surface area contributed by atoms with Crippen LogP contribution in [0.15, 0.2) is 76.9 Å². The molecule has 0 spiro atoms. The van der Waals surface area contributed by atoms with E-state index in [1.807, 2.05) is 6.08 Å². The molecule has 2 aromatic carbocycles. The quantitative estimate of drug-likeness (QED) is 0.314. The Morgan fingerprint density at radius 2 is 1.67 bits per heavy atom. The van der Waals surface area contributed by atoms with Crippen LogP contribution in [-0.2, 0) is 19.2 Å². The van der Waals surface area contributed by atoms with Gasteiger partial charge in [-0.2, -0.15) is 0 Å². The number of carbonyl (C=O) groups is 5. The number of Topliss-reactive ketones (excluding diaryl/α,β-unsaturated/α-hetero) is 1. The van der Waals surface area contributed by atoms with Gasteiger partial charge in [0.1, 0.15) is 17.1 Å². The van der Waals surface area contributed by atoms with Crippen LogP contribution in [-0.4, -0.2) is 44.7 Å². The lowest BCUT2D eigenvalue weighted by atomic mass is 9.59. The number of ketones is 2. The van der Waals surface area contributed by atoms with Gasteiger partial charge in [0.2, 0.25) is 11.8 Å². The molecule has 39 heavy (non-hydrogen) atoms. The number of carboxylic acid groups (broad SMARTS) is 1. The van der Waals surface area contributed by atoms with Gasteiger partial charge in [-0.05, 0) is 61.6 Å². The van der Waals surface area contributed by atoms with Crippen molar-refractivity contribution < 1.29 is 39.3 Å². The van der Waals surface area contributed by atoms with Crippen molar-refractivity contribution in [2.75, 3.05) is 4.90 Å². The van der Waals surface area contributed by atoms with Crippen LogP contribution in [0.3, 0.4) is 0 Å². The number of aromatic carboxylic acids is 1. The van der Waals surface area contributed by atoms with Gasteiger partial charge >= 0.3 is 5.97 Å².